The molecule has 25 heavy (non-hydrogen) atoms. The van der Waals surface area contributed by atoms with E-state index in [4.69, 9.17) is 0 Å². The monoisotopic (exact) mass is 356 g/mol. The number of thiazole rings is 1. The number of hydrogen-bond donors (Lipinski definition) is 1. The minimum atomic E-state index is -0.157. The van der Waals surface area contributed by atoms with Gasteiger partial charge in [-0.25, -0.2) is 9.50 Å². The second-order valence-electron chi connectivity index (χ2n) is 6.28. The first-order valence-electron chi connectivity index (χ1n) is 8.40. The first-order chi connectivity index (χ1) is 12.3. The highest BCUT2D eigenvalue weighted by molar-refractivity contribution is 7.09. The third kappa shape index (κ3) is 3.14. The SMILES string of the molecule is CNC(=O)c1cnn2c([C@@H]3CCCN(Cc4cncs4)C3)ccnc12. The van der Waals surface area contributed by atoms with Gasteiger partial charge < -0.3 is 5.32 Å². The smallest absolute Gasteiger partial charge is 0.256 e. The zero-order valence-electron chi connectivity index (χ0n) is 14.1. The van der Waals surface area contributed by atoms with Crippen LogP contribution in [0.15, 0.2) is 30.2 Å². The molecule has 7 nitrogen and oxygen atoms in total. The quantitative estimate of drug-likeness (QED) is 0.773. The number of nitrogens with one attached hydrogen (secondary N) is 1. The van der Waals surface area contributed by atoms with Gasteiger partial charge in [0.15, 0.2) is 5.65 Å². The molecular weight excluding hydrogens is 336 g/mol. The Kier molecular flexibility index (Phi) is 4.46. The maximum atomic E-state index is 12.0. The van der Waals surface area contributed by atoms with Gasteiger partial charge in [-0.1, -0.05) is 0 Å². The molecule has 3 aromatic rings. The summed E-state index contributed by atoms with van der Waals surface area (Å²) in [7, 11) is 1.62. The fourth-order valence-corrected chi connectivity index (χ4v) is 4.13. The molecule has 4 rings (SSSR count). The number of aromatic nitrogens is 4. The Bertz CT molecular complexity index is 875. The predicted molar refractivity (Wildman–Crippen MR) is 95.7 cm³/mol. The number of fused-ring (bicyclic) bond motifs is 1. The average Bonchev–Trinajstić information content (AvgIpc) is 3.30. The molecule has 1 aliphatic rings. The Morgan fingerprint density at radius 1 is 1.44 bits per heavy atom. The van der Waals surface area contributed by atoms with E-state index in [0.717, 1.165) is 38.2 Å². The lowest BCUT2D eigenvalue weighted by Crippen LogP contribution is -2.34. The second kappa shape index (κ2) is 6.89. The van der Waals surface area contributed by atoms with Gasteiger partial charge in [-0.3, -0.25) is 14.7 Å². The van der Waals surface area contributed by atoms with Gasteiger partial charge in [0.05, 0.1) is 17.4 Å². The van der Waals surface area contributed by atoms with Crippen LogP contribution in [-0.4, -0.2) is 50.5 Å². The van der Waals surface area contributed by atoms with Crippen LogP contribution in [0.5, 0.6) is 0 Å². The Labute approximate surface area is 149 Å². The Balaban J connectivity index is 1.60. The van der Waals surface area contributed by atoms with Crippen molar-refractivity contribution in [1.29, 1.82) is 0 Å². The summed E-state index contributed by atoms with van der Waals surface area (Å²) >= 11 is 1.70. The summed E-state index contributed by atoms with van der Waals surface area (Å²) in [6, 6.07) is 2.02. The lowest BCUT2D eigenvalue weighted by atomic mass is 9.94. The van der Waals surface area contributed by atoms with E-state index in [0.29, 0.717) is 17.1 Å². The number of likely N-dealkylation sites (tertiary alicyclic amines) is 1. The molecule has 0 aromatic carbocycles. The molecule has 8 heteroatoms. The van der Waals surface area contributed by atoms with Crippen molar-refractivity contribution in [3.8, 4) is 0 Å². The molecule has 4 heterocycles. The lowest BCUT2D eigenvalue weighted by molar-refractivity contribution is 0.0964. The number of nitrogens with zero attached hydrogens (tertiary/aromatic N) is 5. The van der Waals surface area contributed by atoms with Crippen LogP contribution in [0.2, 0.25) is 0 Å². The molecule has 3 aromatic heterocycles. The van der Waals surface area contributed by atoms with E-state index < -0.39 is 0 Å². The molecule has 0 aliphatic carbocycles. The van der Waals surface area contributed by atoms with Crippen LogP contribution in [0.1, 0.15) is 39.7 Å². The average molecular weight is 356 g/mol. The van der Waals surface area contributed by atoms with E-state index in [2.05, 4.69) is 25.3 Å². The van der Waals surface area contributed by atoms with E-state index in [1.54, 1.807) is 30.8 Å². The molecule has 0 bridgehead atoms. The first kappa shape index (κ1) is 16.2. The molecule has 1 aliphatic heterocycles. The van der Waals surface area contributed by atoms with Gasteiger partial charge in [0.25, 0.3) is 5.91 Å². The molecule has 0 saturated carbocycles. The summed E-state index contributed by atoms with van der Waals surface area (Å²) in [5.41, 5.74) is 4.14. The topological polar surface area (TPSA) is 75.4 Å². The third-order valence-electron chi connectivity index (χ3n) is 4.69. The van der Waals surface area contributed by atoms with E-state index in [-0.39, 0.29) is 5.91 Å². The number of carbonyl (C=O) groups excluding carboxylic acids is 1. The van der Waals surface area contributed by atoms with Crippen LogP contribution < -0.4 is 5.32 Å². The Morgan fingerprint density at radius 2 is 2.36 bits per heavy atom. The predicted octanol–water partition coefficient (Wildman–Crippen LogP) is 1.92. The molecule has 1 fully saturated rings. The van der Waals surface area contributed by atoms with E-state index in [9.17, 15) is 4.79 Å². The molecule has 1 atom stereocenters. The maximum Gasteiger partial charge on any atom is 0.256 e. The summed E-state index contributed by atoms with van der Waals surface area (Å²) < 4.78 is 1.82. The Morgan fingerprint density at radius 3 is 3.16 bits per heavy atom. The van der Waals surface area contributed by atoms with Crippen molar-refractivity contribution < 1.29 is 4.79 Å². The van der Waals surface area contributed by atoms with Gasteiger partial charge in [0.2, 0.25) is 0 Å². The zero-order valence-corrected chi connectivity index (χ0v) is 14.9. The molecule has 130 valence electrons. The van der Waals surface area contributed by atoms with Gasteiger partial charge in [-0.05, 0) is 25.5 Å². The number of piperidine rings is 1. The minimum absolute atomic E-state index is 0.157. The second-order valence-corrected chi connectivity index (χ2v) is 7.26. The van der Waals surface area contributed by atoms with Crippen molar-refractivity contribution in [2.45, 2.75) is 25.3 Å². The molecule has 0 unspecified atom stereocenters. The molecule has 1 saturated heterocycles. The van der Waals surface area contributed by atoms with E-state index in [1.807, 2.05) is 22.3 Å². The van der Waals surface area contributed by atoms with Gasteiger partial charge in [0.1, 0.15) is 5.56 Å². The summed E-state index contributed by atoms with van der Waals surface area (Å²) in [6.45, 7) is 3.02. The van der Waals surface area contributed by atoms with Crippen molar-refractivity contribution in [2.24, 2.45) is 0 Å². The van der Waals surface area contributed by atoms with Gasteiger partial charge in [-0.15, -0.1) is 11.3 Å². The fraction of sp³-hybridized carbons (Fsp3) is 0.412. The van der Waals surface area contributed by atoms with Crippen LogP contribution in [-0.2, 0) is 6.54 Å². The molecule has 1 N–H and O–H groups in total. The molecule has 1 amide bonds. The standard InChI is InChI=1S/C17H20N6OS/c1-18-17(24)14-8-21-23-15(4-5-20-16(14)23)12-3-2-6-22(9-12)10-13-7-19-11-25-13/h4-5,7-8,11-12H,2-3,6,9-10H2,1H3,(H,18,24)/t12-/m1/s1. The summed E-state index contributed by atoms with van der Waals surface area (Å²) in [5.74, 6) is 0.222. The van der Waals surface area contributed by atoms with E-state index >= 15 is 0 Å². The highest BCUT2D eigenvalue weighted by Crippen LogP contribution is 2.28. The minimum Gasteiger partial charge on any atom is -0.355 e. The van der Waals surface area contributed by atoms with Gasteiger partial charge >= 0.3 is 0 Å². The Hall–Kier alpha value is -2.32. The van der Waals surface area contributed by atoms with Crippen molar-refractivity contribution >= 4 is 22.9 Å². The normalized spacial score (nSPS) is 18.5. The van der Waals surface area contributed by atoms with Crippen LogP contribution in [0.4, 0.5) is 0 Å². The summed E-state index contributed by atoms with van der Waals surface area (Å²) in [5, 5.41) is 7.08. The van der Waals surface area contributed by atoms with Gasteiger partial charge in [0, 0.05) is 43.3 Å². The number of rotatable bonds is 4. The first-order valence-corrected chi connectivity index (χ1v) is 9.28. The number of carbonyl (C=O) groups is 1. The lowest BCUT2D eigenvalue weighted by Gasteiger charge is -2.32. The highest BCUT2D eigenvalue weighted by atomic mass is 32.1. The van der Waals surface area contributed by atoms with Crippen molar-refractivity contribution in [2.75, 3.05) is 20.1 Å². The van der Waals surface area contributed by atoms with Crippen LogP contribution in [0.3, 0.4) is 0 Å². The molecule has 0 radical (unpaired) electrons. The third-order valence-corrected chi connectivity index (χ3v) is 5.45. The number of hydrogen-bond acceptors (Lipinski definition) is 6. The van der Waals surface area contributed by atoms with Gasteiger partial charge in [-0.2, -0.15) is 5.10 Å². The van der Waals surface area contributed by atoms with Crippen LogP contribution in [0, 0.1) is 0 Å². The maximum absolute atomic E-state index is 12.0. The highest BCUT2D eigenvalue weighted by Gasteiger charge is 2.25. The zero-order chi connectivity index (χ0) is 17.2. The van der Waals surface area contributed by atoms with Crippen molar-refractivity contribution in [3.63, 3.8) is 0 Å². The summed E-state index contributed by atoms with van der Waals surface area (Å²) in [6.07, 6.45) is 7.59. The molecular formula is C17H20N6OS. The summed E-state index contributed by atoms with van der Waals surface area (Å²) in [4.78, 5) is 24.3. The van der Waals surface area contributed by atoms with Crippen LogP contribution >= 0.6 is 11.3 Å². The van der Waals surface area contributed by atoms with Crippen molar-refractivity contribution in [3.05, 3.63) is 46.3 Å². The fourth-order valence-electron chi connectivity index (χ4n) is 3.50. The largest absolute Gasteiger partial charge is 0.355 e. The number of amides is 1. The van der Waals surface area contributed by atoms with E-state index in [1.165, 1.54) is 4.88 Å². The van der Waals surface area contributed by atoms with Crippen molar-refractivity contribution in [1.82, 2.24) is 29.8 Å². The molecule has 0 spiro atoms. The van der Waals surface area contributed by atoms with Crippen LogP contribution in [0.25, 0.3) is 5.65 Å².